The molecule has 3 aromatic rings. The molecule has 1 heterocycles. The van der Waals surface area contributed by atoms with E-state index in [0.717, 1.165) is 28.0 Å². The zero-order valence-electron chi connectivity index (χ0n) is 19.1. The fraction of sp³-hybridized carbons (Fsp3) is 0.308. The summed E-state index contributed by atoms with van der Waals surface area (Å²) in [4.78, 5) is 23.7. The van der Waals surface area contributed by atoms with E-state index in [1.54, 1.807) is 23.6 Å². The molecule has 6 nitrogen and oxygen atoms in total. The summed E-state index contributed by atoms with van der Waals surface area (Å²) in [5.74, 6) is -1.63. The number of fused-ring (bicyclic) bond motifs is 1. The number of nitrogens with zero attached hydrogens (tertiary/aromatic N) is 1. The van der Waals surface area contributed by atoms with Crippen molar-refractivity contribution in [2.45, 2.75) is 52.2 Å². The molecule has 1 aromatic heterocycles. The van der Waals surface area contributed by atoms with Crippen LogP contribution in [0.2, 0.25) is 0 Å². The Morgan fingerprint density at radius 1 is 1.12 bits per heavy atom. The van der Waals surface area contributed by atoms with E-state index in [4.69, 9.17) is 0 Å². The number of nitrogens with one attached hydrogen (secondary N) is 2. The largest absolute Gasteiger partial charge is 0.480 e. The van der Waals surface area contributed by atoms with E-state index in [9.17, 15) is 23.5 Å². The standard InChI is InChI=1S/C26H27F2N3O3/c1-15-11-19(27)6-3-18(15)13-29-26(34)30-21-8-4-17(5-9-21)25-16(2)31(14-24(32)33)23-10-7-20(28)12-22(23)25/h3-4,6-7,10-12,21H,5,8-9,13-14H2,1-2H3,(H,32,33)(H2,29,30,34). The van der Waals surface area contributed by atoms with Gasteiger partial charge in [-0.25, -0.2) is 13.6 Å². The second kappa shape index (κ2) is 9.67. The number of carboxylic acids is 1. The lowest BCUT2D eigenvalue weighted by Gasteiger charge is -2.24. The van der Waals surface area contributed by atoms with Gasteiger partial charge in [0, 0.05) is 34.7 Å². The topological polar surface area (TPSA) is 83.4 Å². The van der Waals surface area contributed by atoms with Gasteiger partial charge >= 0.3 is 12.0 Å². The van der Waals surface area contributed by atoms with Gasteiger partial charge in [0.25, 0.3) is 0 Å². The Morgan fingerprint density at radius 2 is 1.85 bits per heavy atom. The minimum absolute atomic E-state index is 0.0533. The SMILES string of the molecule is Cc1cc(F)ccc1CNC(=O)NC1CC=C(c2c(C)n(CC(=O)O)c3ccc(F)cc23)CC1. The lowest BCUT2D eigenvalue weighted by Crippen LogP contribution is -2.42. The average Bonchev–Trinajstić information content (AvgIpc) is 3.04. The van der Waals surface area contributed by atoms with E-state index in [1.807, 2.05) is 13.0 Å². The van der Waals surface area contributed by atoms with Crippen molar-refractivity contribution in [1.29, 1.82) is 0 Å². The van der Waals surface area contributed by atoms with E-state index in [1.165, 1.54) is 24.3 Å². The zero-order chi connectivity index (χ0) is 24.4. The van der Waals surface area contributed by atoms with Crippen molar-refractivity contribution >= 4 is 28.5 Å². The van der Waals surface area contributed by atoms with Crippen LogP contribution in [0.1, 0.15) is 41.6 Å². The Bertz CT molecular complexity index is 1300. The number of hydrogen-bond acceptors (Lipinski definition) is 2. The van der Waals surface area contributed by atoms with Crippen molar-refractivity contribution in [2.75, 3.05) is 0 Å². The summed E-state index contributed by atoms with van der Waals surface area (Å²) in [6.45, 7) is 3.76. The summed E-state index contributed by atoms with van der Waals surface area (Å²) in [5, 5.41) is 15.8. The maximum Gasteiger partial charge on any atom is 0.323 e. The summed E-state index contributed by atoms with van der Waals surface area (Å²) in [5.41, 5.74) is 4.99. The minimum atomic E-state index is -0.959. The highest BCUT2D eigenvalue weighted by molar-refractivity contribution is 5.95. The molecule has 34 heavy (non-hydrogen) atoms. The normalized spacial score (nSPS) is 15.8. The molecule has 2 aromatic carbocycles. The molecule has 0 spiro atoms. The first kappa shape index (κ1) is 23.5. The van der Waals surface area contributed by atoms with Crippen LogP contribution in [0.15, 0.2) is 42.5 Å². The van der Waals surface area contributed by atoms with Crippen LogP contribution >= 0.6 is 0 Å². The maximum atomic E-state index is 14.0. The molecular formula is C26H27F2N3O3. The molecule has 8 heteroatoms. The van der Waals surface area contributed by atoms with E-state index in [-0.39, 0.29) is 30.3 Å². The minimum Gasteiger partial charge on any atom is -0.480 e. The highest BCUT2D eigenvalue weighted by atomic mass is 19.1. The molecule has 0 fully saturated rings. The average molecular weight is 468 g/mol. The van der Waals surface area contributed by atoms with Gasteiger partial charge in [-0.3, -0.25) is 4.79 Å². The fourth-order valence-electron chi connectivity index (χ4n) is 4.66. The summed E-state index contributed by atoms with van der Waals surface area (Å²) in [7, 11) is 0. The first-order valence-electron chi connectivity index (χ1n) is 11.2. The van der Waals surface area contributed by atoms with Crippen molar-refractivity contribution in [1.82, 2.24) is 15.2 Å². The smallest absolute Gasteiger partial charge is 0.323 e. The van der Waals surface area contributed by atoms with Crippen LogP contribution < -0.4 is 10.6 Å². The number of hydrogen-bond donors (Lipinski definition) is 3. The molecule has 3 N–H and O–H groups in total. The third-order valence-electron chi connectivity index (χ3n) is 6.39. The van der Waals surface area contributed by atoms with Gasteiger partial charge in [-0.05, 0) is 80.1 Å². The number of aryl methyl sites for hydroxylation is 1. The van der Waals surface area contributed by atoms with Gasteiger partial charge in [0.1, 0.15) is 18.2 Å². The van der Waals surface area contributed by atoms with Gasteiger partial charge in [-0.1, -0.05) is 12.1 Å². The quantitative estimate of drug-likeness (QED) is 0.474. The van der Waals surface area contributed by atoms with Gasteiger partial charge in [-0.2, -0.15) is 0 Å². The molecule has 2 amide bonds. The first-order valence-corrected chi connectivity index (χ1v) is 11.2. The van der Waals surface area contributed by atoms with Crippen LogP contribution in [0.4, 0.5) is 13.6 Å². The summed E-state index contributed by atoms with van der Waals surface area (Å²) >= 11 is 0. The molecule has 4 rings (SSSR count). The van der Waals surface area contributed by atoms with Crippen molar-refractivity contribution in [3.8, 4) is 0 Å². The molecule has 1 atom stereocenters. The van der Waals surface area contributed by atoms with Gasteiger partial charge < -0.3 is 20.3 Å². The number of urea groups is 1. The summed E-state index contributed by atoms with van der Waals surface area (Å²) in [6, 6.07) is 8.53. The van der Waals surface area contributed by atoms with Crippen LogP contribution in [0.5, 0.6) is 0 Å². The monoisotopic (exact) mass is 467 g/mol. The van der Waals surface area contributed by atoms with Crippen molar-refractivity contribution in [3.05, 3.63) is 76.5 Å². The molecule has 0 bridgehead atoms. The van der Waals surface area contributed by atoms with E-state index in [2.05, 4.69) is 10.6 Å². The van der Waals surface area contributed by atoms with Gasteiger partial charge in [0.2, 0.25) is 0 Å². The maximum absolute atomic E-state index is 14.0. The molecule has 1 aliphatic rings. The van der Waals surface area contributed by atoms with Crippen LogP contribution in [-0.4, -0.2) is 27.7 Å². The third kappa shape index (κ3) is 4.95. The lowest BCUT2D eigenvalue weighted by atomic mass is 9.89. The Labute approximate surface area is 196 Å². The van der Waals surface area contributed by atoms with Gasteiger partial charge in [0.15, 0.2) is 0 Å². The first-order chi connectivity index (χ1) is 16.2. The van der Waals surface area contributed by atoms with Gasteiger partial charge in [0.05, 0.1) is 0 Å². The molecule has 0 aliphatic heterocycles. The number of halogens is 2. The molecule has 178 valence electrons. The number of amides is 2. The Balaban J connectivity index is 1.45. The molecule has 1 aliphatic carbocycles. The van der Waals surface area contributed by atoms with E-state index < -0.39 is 5.97 Å². The number of carboxylic acid groups (broad SMARTS) is 1. The van der Waals surface area contributed by atoms with E-state index in [0.29, 0.717) is 36.7 Å². The molecule has 0 radical (unpaired) electrons. The summed E-state index contributed by atoms with van der Waals surface area (Å²) < 4.78 is 29.0. The number of allylic oxidation sites excluding steroid dienone is 1. The number of carbonyl (C=O) groups excluding carboxylic acids is 1. The Hall–Kier alpha value is -3.68. The predicted octanol–water partition coefficient (Wildman–Crippen LogP) is 5.06. The Morgan fingerprint density at radius 3 is 2.53 bits per heavy atom. The Kier molecular flexibility index (Phi) is 6.68. The summed E-state index contributed by atoms with van der Waals surface area (Å²) in [6.07, 6.45) is 4.02. The number of aromatic nitrogens is 1. The predicted molar refractivity (Wildman–Crippen MR) is 126 cm³/mol. The zero-order valence-corrected chi connectivity index (χ0v) is 19.1. The molecule has 1 unspecified atom stereocenters. The van der Waals surface area contributed by atoms with E-state index >= 15 is 0 Å². The highest BCUT2D eigenvalue weighted by Crippen LogP contribution is 2.36. The van der Waals surface area contributed by atoms with Gasteiger partial charge in [-0.15, -0.1) is 0 Å². The van der Waals surface area contributed by atoms with Crippen LogP contribution in [0.3, 0.4) is 0 Å². The second-order valence-corrected chi connectivity index (χ2v) is 8.70. The van der Waals surface area contributed by atoms with Crippen molar-refractivity contribution in [2.24, 2.45) is 0 Å². The second-order valence-electron chi connectivity index (χ2n) is 8.70. The highest BCUT2D eigenvalue weighted by Gasteiger charge is 2.23. The molecular weight excluding hydrogens is 440 g/mol. The van der Waals surface area contributed by atoms with Crippen molar-refractivity contribution in [3.63, 3.8) is 0 Å². The molecule has 0 saturated heterocycles. The number of aliphatic carboxylic acids is 1. The number of carbonyl (C=O) groups is 2. The number of benzene rings is 2. The fourth-order valence-corrected chi connectivity index (χ4v) is 4.66. The third-order valence-corrected chi connectivity index (χ3v) is 6.39. The number of rotatable bonds is 6. The van der Waals surface area contributed by atoms with Crippen LogP contribution in [0.25, 0.3) is 16.5 Å². The van der Waals surface area contributed by atoms with Crippen LogP contribution in [0, 0.1) is 25.5 Å². The van der Waals surface area contributed by atoms with Crippen molar-refractivity contribution < 1.29 is 23.5 Å². The lowest BCUT2D eigenvalue weighted by molar-refractivity contribution is -0.137. The van der Waals surface area contributed by atoms with Crippen LogP contribution in [-0.2, 0) is 17.9 Å². The molecule has 0 saturated carbocycles.